The van der Waals surface area contributed by atoms with Gasteiger partial charge in [0.1, 0.15) is 0 Å². The van der Waals surface area contributed by atoms with Crippen molar-refractivity contribution in [1.29, 1.82) is 0 Å². The molecule has 7 heteroatoms. The van der Waals surface area contributed by atoms with Gasteiger partial charge < -0.3 is 11.1 Å². The van der Waals surface area contributed by atoms with E-state index in [4.69, 9.17) is 5.73 Å². The van der Waals surface area contributed by atoms with Crippen molar-refractivity contribution in [3.8, 4) is 0 Å². The van der Waals surface area contributed by atoms with Crippen LogP contribution in [0.5, 0.6) is 0 Å². The number of hydrogen-bond donors (Lipinski definition) is 2. The highest BCUT2D eigenvalue weighted by Crippen LogP contribution is 2.36. The largest absolute Gasteiger partial charge is 0.418 e. The number of anilines is 1. The zero-order valence-electron chi connectivity index (χ0n) is 9.51. The molecule has 1 amide bonds. The van der Waals surface area contributed by atoms with Crippen molar-refractivity contribution in [2.24, 2.45) is 5.73 Å². The Labute approximate surface area is 111 Å². The molecule has 3 N–H and O–H groups in total. The molecule has 0 aliphatic rings. The van der Waals surface area contributed by atoms with Crippen molar-refractivity contribution in [1.82, 2.24) is 0 Å². The topological polar surface area (TPSA) is 55.1 Å². The molecule has 0 aliphatic carbocycles. The van der Waals surface area contributed by atoms with Gasteiger partial charge in [-0.1, -0.05) is 22.9 Å². The summed E-state index contributed by atoms with van der Waals surface area (Å²) < 4.78 is 38.6. The van der Waals surface area contributed by atoms with Gasteiger partial charge in [0.2, 0.25) is 5.91 Å². The van der Waals surface area contributed by atoms with Crippen LogP contribution in [0.2, 0.25) is 0 Å². The van der Waals surface area contributed by atoms with E-state index in [-0.39, 0.29) is 10.2 Å². The lowest BCUT2D eigenvalue weighted by atomic mass is 10.1. The van der Waals surface area contributed by atoms with Crippen molar-refractivity contribution >= 4 is 27.5 Å². The summed E-state index contributed by atoms with van der Waals surface area (Å²) in [5.74, 6) is -0.634. The van der Waals surface area contributed by atoms with Gasteiger partial charge in [0.05, 0.1) is 17.3 Å². The van der Waals surface area contributed by atoms with Crippen LogP contribution in [0.1, 0.15) is 18.9 Å². The third-order valence-electron chi connectivity index (χ3n) is 2.32. The van der Waals surface area contributed by atoms with Gasteiger partial charge in [-0.05, 0) is 24.6 Å². The Morgan fingerprint density at radius 3 is 2.61 bits per heavy atom. The zero-order chi connectivity index (χ0) is 13.9. The molecule has 1 atom stereocenters. The second kappa shape index (κ2) is 5.71. The van der Waals surface area contributed by atoms with Gasteiger partial charge >= 0.3 is 6.18 Å². The molecule has 0 fully saturated rings. The maximum absolute atomic E-state index is 12.8. The van der Waals surface area contributed by atoms with Crippen molar-refractivity contribution in [3.63, 3.8) is 0 Å². The maximum atomic E-state index is 12.8. The Balaban J connectivity index is 3.06. The third kappa shape index (κ3) is 3.71. The summed E-state index contributed by atoms with van der Waals surface area (Å²) >= 11 is 2.96. The van der Waals surface area contributed by atoms with E-state index in [0.717, 1.165) is 6.07 Å². The van der Waals surface area contributed by atoms with Crippen molar-refractivity contribution in [3.05, 3.63) is 28.2 Å². The van der Waals surface area contributed by atoms with Gasteiger partial charge in [0.15, 0.2) is 0 Å². The number of nitrogens with two attached hydrogens (primary N) is 1. The summed E-state index contributed by atoms with van der Waals surface area (Å²) in [5.41, 5.74) is 4.25. The molecule has 100 valence electrons. The van der Waals surface area contributed by atoms with E-state index in [1.807, 2.05) is 0 Å². The molecule has 0 saturated heterocycles. The second-order valence-corrected chi connectivity index (χ2v) is 4.61. The standard InChI is InChI=1S/C11H12BrF3N2O/c1-2-8(16)10(18)17-9-4-3-6(12)5-7(9)11(13,14)15/h3-5,8H,2,16H2,1H3,(H,17,18). The van der Waals surface area contributed by atoms with Crippen LogP contribution in [0.15, 0.2) is 22.7 Å². The van der Waals surface area contributed by atoms with E-state index in [1.165, 1.54) is 12.1 Å². The smallest absolute Gasteiger partial charge is 0.324 e. The van der Waals surface area contributed by atoms with Crippen LogP contribution in [0.25, 0.3) is 0 Å². The minimum Gasteiger partial charge on any atom is -0.324 e. The third-order valence-corrected chi connectivity index (χ3v) is 2.81. The molecule has 0 bridgehead atoms. The summed E-state index contributed by atoms with van der Waals surface area (Å²) in [6.45, 7) is 1.68. The van der Waals surface area contributed by atoms with E-state index in [1.54, 1.807) is 6.92 Å². The Kier molecular flexibility index (Phi) is 4.75. The molecule has 3 nitrogen and oxygen atoms in total. The normalized spacial score (nSPS) is 13.2. The molecule has 0 aromatic heterocycles. The molecule has 1 aromatic rings. The van der Waals surface area contributed by atoms with Crippen LogP contribution in [0.4, 0.5) is 18.9 Å². The number of carbonyl (C=O) groups is 1. The fourth-order valence-electron chi connectivity index (χ4n) is 1.27. The van der Waals surface area contributed by atoms with Crippen LogP contribution >= 0.6 is 15.9 Å². The fourth-order valence-corrected chi connectivity index (χ4v) is 1.63. The number of amides is 1. The predicted octanol–water partition coefficient (Wildman–Crippen LogP) is 3.14. The first-order valence-electron chi connectivity index (χ1n) is 5.19. The molecule has 0 saturated carbocycles. The average molecular weight is 325 g/mol. The Morgan fingerprint density at radius 2 is 2.11 bits per heavy atom. The summed E-state index contributed by atoms with van der Waals surface area (Å²) in [6, 6.07) is 2.69. The summed E-state index contributed by atoms with van der Waals surface area (Å²) in [5, 5.41) is 2.19. The highest BCUT2D eigenvalue weighted by molar-refractivity contribution is 9.10. The molecule has 18 heavy (non-hydrogen) atoms. The van der Waals surface area contributed by atoms with Crippen molar-refractivity contribution in [2.75, 3.05) is 5.32 Å². The lowest BCUT2D eigenvalue weighted by Crippen LogP contribution is -2.35. The molecule has 0 aliphatic heterocycles. The predicted molar refractivity (Wildman–Crippen MR) is 66.0 cm³/mol. The van der Waals surface area contributed by atoms with Gasteiger partial charge in [-0.15, -0.1) is 0 Å². The minimum atomic E-state index is -4.54. The first-order valence-corrected chi connectivity index (χ1v) is 5.98. The maximum Gasteiger partial charge on any atom is 0.418 e. The lowest BCUT2D eigenvalue weighted by Gasteiger charge is -2.16. The molecule has 0 spiro atoms. The van der Waals surface area contributed by atoms with Crippen molar-refractivity contribution in [2.45, 2.75) is 25.6 Å². The van der Waals surface area contributed by atoms with Crippen LogP contribution in [0, 0.1) is 0 Å². The average Bonchev–Trinajstić information content (AvgIpc) is 2.28. The first-order chi connectivity index (χ1) is 8.25. The lowest BCUT2D eigenvalue weighted by molar-refractivity contribution is -0.137. The Hall–Kier alpha value is -1.08. The van der Waals surface area contributed by atoms with Gasteiger partial charge in [-0.2, -0.15) is 13.2 Å². The van der Waals surface area contributed by atoms with E-state index in [9.17, 15) is 18.0 Å². The molecular formula is C11H12BrF3N2O. The van der Waals surface area contributed by atoms with Crippen LogP contribution in [0.3, 0.4) is 0 Å². The Morgan fingerprint density at radius 1 is 1.50 bits per heavy atom. The van der Waals surface area contributed by atoms with Gasteiger partial charge in [0, 0.05) is 4.47 Å². The molecule has 1 unspecified atom stereocenters. The summed E-state index contributed by atoms with van der Waals surface area (Å²) in [7, 11) is 0. The van der Waals surface area contributed by atoms with E-state index < -0.39 is 23.7 Å². The molecule has 0 radical (unpaired) electrons. The van der Waals surface area contributed by atoms with Crippen LogP contribution < -0.4 is 11.1 Å². The number of rotatable bonds is 3. The minimum absolute atomic E-state index is 0.285. The molecule has 0 heterocycles. The quantitative estimate of drug-likeness (QED) is 0.897. The van der Waals surface area contributed by atoms with Gasteiger partial charge in [-0.3, -0.25) is 4.79 Å². The fraction of sp³-hybridized carbons (Fsp3) is 0.364. The highest BCUT2D eigenvalue weighted by Gasteiger charge is 2.34. The summed E-state index contributed by atoms with van der Waals surface area (Å²) in [6.07, 6.45) is -4.19. The second-order valence-electron chi connectivity index (χ2n) is 3.69. The van der Waals surface area contributed by atoms with E-state index >= 15 is 0 Å². The zero-order valence-corrected chi connectivity index (χ0v) is 11.1. The highest BCUT2D eigenvalue weighted by atomic mass is 79.9. The first kappa shape index (κ1) is 15.0. The van der Waals surface area contributed by atoms with Crippen molar-refractivity contribution < 1.29 is 18.0 Å². The van der Waals surface area contributed by atoms with Crippen LogP contribution in [-0.2, 0) is 11.0 Å². The summed E-state index contributed by atoms with van der Waals surface area (Å²) in [4.78, 5) is 11.5. The van der Waals surface area contributed by atoms with E-state index in [0.29, 0.717) is 6.42 Å². The van der Waals surface area contributed by atoms with Crippen LogP contribution in [-0.4, -0.2) is 11.9 Å². The van der Waals surface area contributed by atoms with Gasteiger partial charge in [0.25, 0.3) is 0 Å². The number of benzene rings is 1. The number of alkyl halides is 3. The number of hydrogen-bond acceptors (Lipinski definition) is 2. The Bertz CT molecular complexity index is 448. The number of nitrogens with one attached hydrogen (secondary N) is 1. The van der Waals surface area contributed by atoms with Gasteiger partial charge in [-0.25, -0.2) is 0 Å². The number of carbonyl (C=O) groups excluding carboxylic acids is 1. The molecular weight excluding hydrogens is 313 g/mol. The molecule has 1 rings (SSSR count). The van der Waals surface area contributed by atoms with E-state index in [2.05, 4.69) is 21.2 Å². The SMILES string of the molecule is CCC(N)C(=O)Nc1ccc(Br)cc1C(F)(F)F. The number of halogens is 4. The molecule has 1 aromatic carbocycles. The monoisotopic (exact) mass is 324 g/mol.